The van der Waals surface area contributed by atoms with Gasteiger partial charge in [0, 0.05) is 6.42 Å². The quantitative estimate of drug-likeness (QED) is 0.0243. The number of quaternary nitrogens is 1. The molecule has 0 heterocycles. The Kier molecular flexibility index (Phi) is 57.4. The highest BCUT2D eigenvalue weighted by Crippen LogP contribution is 2.43. The first-order valence-electron chi connectivity index (χ1n) is 33.4. The third-order valence-electron chi connectivity index (χ3n) is 15.3. The molecule has 0 spiro atoms. The Hall–Kier alpha value is -1.28. The minimum atomic E-state index is -4.36. The summed E-state index contributed by atoms with van der Waals surface area (Å²) in [6.45, 7) is 4.84. The van der Waals surface area contributed by atoms with E-state index in [0.717, 1.165) is 38.5 Å². The van der Waals surface area contributed by atoms with Gasteiger partial charge in [0.15, 0.2) is 0 Å². The molecule has 9 heteroatoms. The average molecular weight is 1090 g/mol. The maximum Gasteiger partial charge on any atom is 0.472 e. The molecular formula is C67H132N2O6P+. The molecule has 0 rings (SSSR count). The number of likely N-dealkylation sites (N-methyl/N-ethyl adjacent to an activating group) is 1. The van der Waals surface area contributed by atoms with Gasteiger partial charge in [-0.25, -0.2) is 4.57 Å². The molecule has 450 valence electrons. The molecule has 0 aromatic heterocycles. The SMILES string of the molecule is CCCCCCCCCC/C=C\CCCCCCCCCCCCCCCCCCCCCCCC(=O)NC(COP(=O)(O)OCC[N+](C)(C)C)C(O)/C=C/CC/C=C/CCCCCCCCCCCCCCCCC. The van der Waals surface area contributed by atoms with Gasteiger partial charge in [0.2, 0.25) is 5.91 Å². The first kappa shape index (κ1) is 74.7. The van der Waals surface area contributed by atoms with E-state index in [-0.39, 0.29) is 19.1 Å². The van der Waals surface area contributed by atoms with Crippen LogP contribution in [0, 0.1) is 0 Å². The summed E-state index contributed by atoms with van der Waals surface area (Å²) in [6.07, 6.45) is 77.2. The topological polar surface area (TPSA) is 105 Å². The van der Waals surface area contributed by atoms with E-state index in [0.29, 0.717) is 17.4 Å². The Bertz CT molecular complexity index is 1330. The minimum Gasteiger partial charge on any atom is -0.387 e. The molecule has 3 atom stereocenters. The summed E-state index contributed by atoms with van der Waals surface area (Å²) in [5.74, 6) is -0.180. The van der Waals surface area contributed by atoms with E-state index < -0.39 is 20.0 Å². The molecule has 0 saturated carbocycles. The fourth-order valence-electron chi connectivity index (χ4n) is 10.1. The van der Waals surface area contributed by atoms with Crippen molar-refractivity contribution in [3.63, 3.8) is 0 Å². The lowest BCUT2D eigenvalue weighted by atomic mass is 10.0. The molecule has 3 N–H and O–H groups in total. The van der Waals surface area contributed by atoms with Gasteiger partial charge in [0.1, 0.15) is 13.2 Å². The molecule has 0 aromatic rings. The van der Waals surface area contributed by atoms with E-state index in [2.05, 4.69) is 43.5 Å². The lowest BCUT2D eigenvalue weighted by Crippen LogP contribution is -2.45. The van der Waals surface area contributed by atoms with Crippen molar-refractivity contribution in [3.8, 4) is 0 Å². The Labute approximate surface area is 474 Å². The van der Waals surface area contributed by atoms with E-state index >= 15 is 0 Å². The van der Waals surface area contributed by atoms with Crippen molar-refractivity contribution in [2.24, 2.45) is 0 Å². The molecule has 1 amide bonds. The Morgan fingerprint density at radius 1 is 0.434 bits per heavy atom. The number of aliphatic hydroxyl groups is 1. The highest BCUT2D eigenvalue weighted by atomic mass is 31.2. The number of aliphatic hydroxyl groups excluding tert-OH is 1. The second kappa shape index (κ2) is 58.4. The predicted molar refractivity (Wildman–Crippen MR) is 332 cm³/mol. The largest absolute Gasteiger partial charge is 0.472 e. The standard InChI is InChI=1S/C67H131N2O6P/c1-6-8-10-12-14-16-18-20-22-24-26-28-29-30-31-32-33-34-35-36-37-38-39-41-43-45-47-49-51-53-55-57-59-61-67(71)68-65(64-75-76(72,73)74-63-62-69(3,4)5)66(70)60-58-56-54-52-50-48-46-44-42-40-27-25-23-21-19-17-15-13-11-9-7-2/h24,26,50,52,58,60,65-66,70H,6-23,25,27-49,51,53-57,59,61-64H2,1-5H3,(H-,68,71,72,73)/p+1/b26-24-,52-50+,60-58+. The number of phosphoric acid groups is 1. The summed E-state index contributed by atoms with van der Waals surface area (Å²) in [6, 6.07) is -0.862. The lowest BCUT2D eigenvalue weighted by Gasteiger charge is -2.25. The Morgan fingerprint density at radius 2 is 0.724 bits per heavy atom. The van der Waals surface area contributed by atoms with Crippen LogP contribution >= 0.6 is 7.82 Å². The highest BCUT2D eigenvalue weighted by molar-refractivity contribution is 7.47. The first-order chi connectivity index (χ1) is 37.0. The van der Waals surface area contributed by atoms with Crippen LogP contribution in [-0.4, -0.2) is 73.4 Å². The van der Waals surface area contributed by atoms with Crippen molar-refractivity contribution < 1.29 is 32.9 Å². The van der Waals surface area contributed by atoms with E-state index in [9.17, 15) is 19.4 Å². The maximum atomic E-state index is 13.0. The highest BCUT2D eigenvalue weighted by Gasteiger charge is 2.28. The van der Waals surface area contributed by atoms with E-state index in [1.165, 1.54) is 276 Å². The minimum absolute atomic E-state index is 0.0580. The van der Waals surface area contributed by atoms with Crippen molar-refractivity contribution >= 4 is 13.7 Å². The second-order valence-electron chi connectivity index (χ2n) is 24.2. The number of phosphoric ester groups is 1. The van der Waals surface area contributed by atoms with Crippen molar-refractivity contribution in [2.45, 2.75) is 347 Å². The average Bonchev–Trinajstić information content (AvgIpc) is 3.38. The van der Waals surface area contributed by atoms with Gasteiger partial charge in [0.25, 0.3) is 0 Å². The molecule has 0 aliphatic rings. The third-order valence-corrected chi connectivity index (χ3v) is 16.3. The number of rotatable bonds is 62. The van der Waals surface area contributed by atoms with Gasteiger partial charge in [-0.15, -0.1) is 0 Å². The molecule has 0 aliphatic carbocycles. The zero-order chi connectivity index (χ0) is 55.6. The van der Waals surface area contributed by atoms with Crippen molar-refractivity contribution in [3.05, 3.63) is 36.5 Å². The van der Waals surface area contributed by atoms with Gasteiger partial charge in [-0.2, -0.15) is 0 Å². The summed E-state index contributed by atoms with van der Waals surface area (Å²) < 4.78 is 23.8. The van der Waals surface area contributed by atoms with Crippen LogP contribution in [-0.2, 0) is 18.4 Å². The van der Waals surface area contributed by atoms with Crippen LogP contribution in [0.4, 0.5) is 0 Å². The van der Waals surface area contributed by atoms with Crippen molar-refractivity contribution in [1.29, 1.82) is 0 Å². The molecule has 0 fully saturated rings. The molecule has 0 radical (unpaired) electrons. The van der Waals surface area contributed by atoms with E-state index in [4.69, 9.17) is 9.05 Å². The number of hydrogen-bond donors (Lipinski definition) is 3. The molecule has 8 nitrogen and oxygen atoms in total. The van der Waals surface area contributed by atoms with Gasteiger partial charge in [-0.05, 0) is 57.8 Å². The van der Waals surface area contributed by atoms with Crippen LogP contribution in [0.2, 0.25) is 0 Å². The number of carbonyl (C=O) groups excluding carboxylic acids is 1. The van der Waals surface area contributed by atoms with Gasteiger partial charge in [0.05, 0.1) is 39.9 Å². The number of hydrogen-bond acceptors (Lipinski definition) is 5. The molecule has 0 aromatic carbocycles. The van der Waals surface area contributed by atoms with Crippen LogP contribution in [0.15, 0.2) is 36.5 Å². The van der Waals surface area contributed by atoms with Crippen LogP contribution in [0.1, 0.15) is 335 Å². The van der Waals surface area contributed by atoms with Crippen molar-refractivity contribution in [2.75, 3.05) is 40.9 Å². The van der Waals surface area contributed by atoms with Crippen LogP contribution < -0.4 is 5.32 Å². The Balaban J connectivity index is 4.05. The normalized spacial score (nSPS) is 13.9. The molecule has 0 saturated heterocycles. The fraction of sp³-hybridized carbons (Fsp3) is 0.896. The van der Waals surface area contributed by atoms with Gasteiger partial charge in [-0.3, -0.25) is 13.8 Å². The molecule has 0 bridgehead atoms. The molecule has 0 aliphatic heterocycles. The number of unbranched alkanes of at least 4 members (excludes halogenated alkanes) is 45. The summed E-state index contributed by atoms with van der Waals surface area (Å²) in [7, 11) is 1.57. The summed E-state index contributed by atoms with van der Waals surface area (Å²) in [4.78, 5) is 23.4. The fourth-order valence-corrected chi connectivity index (χ4v) is 10.9. The smallest absolute Gasteiger partial charge is 0.387 e. The van der Waals surface area contributed by atoms with Crippen LogP contribution in [0.5, 0.6) is 0 Å². The first-order valence-corrected chi connectivity index (χ1v) is 34.9. The van der Waals surface area contributed by atoms with E-state index in [1.54, 1.807) is 6.08 Å². The monoisotopic (exact) mass is 1090 g/mol. The summed E-state index contributed by atoms with van der Waals surface area (Å²) in [5.41, 5.74) is 0. The maximum absolute atomic E-state index is 13.0. The number of allylic oxidation sites excluding steroid dienone is 5. The van der Waals surface area contributed by atoms with Crippen LogP contribution in [0.25, 0.3) is 0 Å². The Morgan fingerprint density at radius 3 is 1.05 bits per heavy atom. The lowest BCUT2D eigenvalue weighted by molar-refractivity contribution is -0.870. The number of nitrogens with zero attached hydrogens (tertiary/aromatic N) is 1. The molecule has 3 unspecified atom stereocenters. The number of nitrogens with one attached hydrogen (secondary N) is 1. The van der Waals surface area contributed by atoms with Gasteiger partial charge >= 0.3 is 7.82 Å². The molecule has 76 heavy (non-hydrogen) atoms. The van der Waals surface area contributed by atoms with Crippen molar-refractivity contribution in [1.82, 2.24) is 5.32 Å². The van der Waals surface area contributed by atoms with Gasteiger partial charge < -0.3 is 19.8 Å². The summed E-state index contributed by atoms with van der Waals surface area (Å²) in [5, 5.41) is 14.0. The summed E-state index contributed by atoms with van der Waals surface area (Å²) >= 11 is 0. The third kappa shape index (κ3) is 60.4. The van der Waals surface area contributed by atoms with Crippen LogP contribution in [0.3, 0.4) is 0 Å². The molecular weight excluding hydrogens is 960 g/mol. The number of carbonyl (C=O) groups is 1. The second-order valence-corrected chi connectivity index (χ2v) is 25.6. The van der Waals surface area contributed by atoms with Gasteiger partial charge in [-0.1, -0.05) is 307 Å². The van der Waals surface area contributed by atoms with E-state index in [1.807, 2.05) is 27.2 Å². The predicted octanol–water partition coefficient (Wildman–Crippen LogP) is 20.9. The zero-order valence-corrected chi connectivity index (χ0v) is 52.4. The number of amides is 1. The zero-order valence-electron chi connectivity index (χ0n) is 51.5.